The first-order valence-electron chi connectivity index (χ1n) is 6.75. The fourth-order valence-electron chi connectivity index (χ4n) is 1.95. The van der Waals surface area contributed by atoms with Gasteiger partial charge in [-0.1, -0.05) is 25.7 Å². The largest absolute Gasteiger partial charge is 0.330 e. The van der Waals surface area contributed by atoms with E-state index in [-0.39, 0.29) is 0 Å². The van der Waals surface area contributed by atoms with E-state index in [1.54, 1.807) is 0 Å². The molecule has 0 unspecified atom stereocenters. The van der Waals surface area contributed by atoms with Crippen molar-refractivity contribution in [1.82, 2.24) is 0 Å². The summed E-state index contributed by atoms with van der Waals surface area (Å²) in [5.41, 5.74) is 5.46. The summed E-state index contributed by atoms with van der Waals surface area (Å²) in [6.45, 7) is 3.33. The van der Waals surface area contributed by atoms with Gasteiger partial charge in [-0.15, -0.1) is 0 Å². The van der Waals surface area contributed by atoms with Crippen molar-refractivity contribution in [2.24, 2.45) is 5.73 Å². The van der Waals surface area contributed by atoms with Gasteiger partial charge in [-0.05, 0) is 25.8 Å². The predicted molar refractivity (Wildman–Crippen MR) is 77.1 cm³/mol. The van der Waals surface area contributed by atoms with Crippen molar-refractivity contribution in [3.05, 3.63) is 0 Å². The van der Waals surface area contributed by atoms with E-state index in [9.17, 15) is 0 Å². The molecule has 0 aliphatic heterocycles. The van der Waals surface area contributed by atoms with E-state index in [2.05, 4.69) is 26.7 Å². The molecule has 0 rings (SSSR count). The van der Waals surface area contributed by atoms with Gasteiger partial charge in [0.25, 0.3) is 0 Å². The molecule has 16 heavy (non-hydrogen) atoms. The van der Waals surface area contributed by atoms with Gasteiger partial charge in [0.2, 0.25) is 0 Å². The lowest BCUT2D eigenvalue weighted by Gasteiger charge is -2.29. The highest BCUT2D eigenvalue weighted by atomic mass is 32.1. The van der Waals surface area contributed by atoms with Gasteiger partial charge in [-0.25, -0.2) is 0 Å². The van der Waals surface area contributed by atoms with E-state index < -0.39 is 0 Å². The maximum absolute atomic E-state index is 5.46. The van der Waals surface area contributed by atoms with E-state index in [1.807, 2.05) is 0 Å². The van der Waals surface area contributed by atoms with E-state index >= 15 is 0 Å². The number of thiol groups is 1. The molecule has 0 saturated heterocycles. The van der Waals surface area contributed by atoms with Gasteiger partial charge in [0, 0.05) is 5.75 Å². The molecule has 3 heteroatoms. The molecule has 0 saturated carbocycles. The Kier molecular flexibility index (Phi) is 10.6. The fourth-order valence-corrected chi connectivity index (χ4v) is 2.49. The highest BCUT2D eigenvalue weighted by molar-refractivity contribution is 7.80. The lowest BCUT2D eigenvalue weighted by molar-refractivity contribution is -0.888. The van der Waals surface area contributed by atoms with E-state index in [4.69, 9.17) is 5.73 Å². The molecular weight excluding hydrogens is 216 g/mol. The molecule has 0 aromatic carbocycles. The predicted octanol–water partition coefficient (Wildman–Crippen LogP) is 2.68. The Bertz CT molecular complexity index is 149. The highest BCUT2D eigenvalue weighted by Gasteiger charge is 2.12. The molecule has 98 valence electrons. The highest BCUT2D eigenvalue weighted by Crippen LogP contribution is 2.09. The van der Waals surface area contributed by atoms with Crippen LogP contribution in [-0.4, -0.2) is 44.0 Å². The van der Waals surface area contributed by atoms with Crippen LogP contribution in [0.5, 0.6) is 0 Å². The zero-order valence-electron chi connectivity index (χ0n) is 11.2. The Morgan fingerprint density at radius 1 is 0.812 bits per heavy atom. The number of rotatable bonds is 11. The Morgan fingerprint density at radius 3 is 1.81 bits per heavy atom. The number of nitrogens with two attached hydrogens (primary N) is 1. The van der Waals surface area contributed by atoms with Gasteiger partial charge >= 0.3 is 0 Å². The molecule has 0 aliphatic carbocycles. The summed E-state index contributed by atoms with van der Waals surface area (Å²) in [6, 6.07) is 0. The van der Waals surface area contributed by atoms with Gasteiger partial charge in [0.1, 0.15) is 0 Å². The minimum atomic E-state index is 0.857. The van der Waals surface area contributed by atoms with Crippen LogP contribution >= 0.6 is 12.6 Å². The van der Waals surface area contributed by atoms with Gasteiger partial charge < -0.3 is 10.2 Å². The lowest BCUT2D eigenvalue weighted by atomic mass is 10.1. The van der Waals surface area contributed by atoms with Crippen LogP contribution in [0.1, 0.15) is 44.9 Å². The fraction of sp³-hybridized carbons (Fsp3) is 1.00. The van der Waals surface area contributed by atoms with Crippen LogP contribution in [0.25, 0.3) is 0 Å². The first kappa shape index (κ1) is 16.3. The molecule has 0 aromatic heterocycles. The van der Waals surface area contributed by atoms with Crippen molar-refractivity contribution in [2.75, 3.05) is 39.5 Å². The maximum Gasteiger partial charge on any atom is 0.0871 e. The molecule has 0 aromatic rings. The van der Waals surface area contributed by atoms with E-state index in [0.29, 0.717) is 0 Å². The zero-order chi connectivity index (χ0) is 12.3. The Balaban J connectivity index is 3.20. The van der Waals surface area contributed by atoms with Crippen molar-refractivity contribution in [1.29, 1.82) is 0 Å². The molecule has 0 heterocycles. The molecule has 0 spiro atoms. The molecule has 0 bridgehead atoms. The minimum absolute atomic E-state index is 0.857. The zero-order valence-corrected chi connectivity index (χ0v) is 12.1. The summed E-state index contributed by atoms with van der Waals surface area (Å²) in [7, 11) is 4.61. The summed E-state index contributed by atoms with van der Waals surface area (Å²) < 4.78 is 1.12. The Labute approximate surface area is 108 Å². The van der Waals surface area contributed by atoms with Crippen molar-refractivity contribution >= 4 is 12.6 Å². The number of hydrogen-bond donors (Lipinski definition) is 2. The van der Waals surface area contributed by atoms with Gasteiger partial charge in [0.15, 0.2) is 0 Å². The van der Waals surface area contributed by atoms with E-state index in [0.717, 1.165) is 16.8 Å². The van der Waals surface area contributed by atoms with Crippen molar-refractivity contribution in [2.45, 2.75) is 44.9 Å². The summed E-state index contributed by atoms with van der Waals surface area (Å²) in [5, 5.41) is 0. The SMILES string of the molecule is C[N+](C)(CCS)CCCCCCCCCN. The third kappa shape index (κ3) is 10.8. The first-order valence-corrected chi connectivity index (χ1v) is 7.38. The third-order valence-electron chi connectivity index (χ3n) is 3.17. The third-order valence-corrected chi connectivity index (χ3v) is 3.37. The standard InChI is InChI=1S/C13H30N2S/c1-15(2,12-13-16)11-9-7-5-3-4-6-8-10-14/h3-14H2,1-2H3/p+1. The second kappa shape index (κ2) is 10.4. The molecular formula is C13H31N2S+. The molecule has 0 amide bonds. The topological polar surface area (TPSA) is 26.0 Å². The van der Waals surface area contributed by atoms with Crippen LogP contribution in [0.2, 0.25) is 0 Å². The van der Waals surface area contributed by atoms with Crippen LogP contribution in [-0.2, 0) is 0 Å². The van der Waals surface area contributed by atoms with Crippen LogP contribution in [0.4, 0.5) is 0 Å². The van der Waals surface area contributed by atoms with Gasteiger partial charge in [-0.3, -0.25) is 0 Å². The maximum atomic E-state index is 5.46. The smallest absolute Gasteiger partial charge is 0.0871 e. The lowest BCUT2D eigenvalue weighted by Crippen LogP contribution is -2.41. The van der Waals surface area contributed by atoms with Gasteiger partial charge in [-0.2, -0.15) is 12.6 Å². The first-order chi connectivity index (χ1) is 7.62. The van der Waals surface area contributed by atoms with Crippen molar-refractivity contribution in [3.63, 3.8) is 0 Å². The Hall–Kier alpha value is 0.270. The van der Waals surface area contributed by atoms with Crippen LogP contribution in [0.3, 0.4) is 0 Å². The van der Waals surface area contributed by atoms with Crippen LogP contribution in [0.15, 0.2) is 0 Å². The molecule has 0 radical (unpaired) electrons. The quantitative estimate of drug-likeness (QED) is 0.328. The van der Waals surface area contributed by atoms with E-state index in [1.165, 1.54) is 58.0 Å². The number of nitrogens with zero attached hydrogens (tertiary/aromatic N) is 1. The molecule has 2 nitrogen and oxygen atoms in total. The van der Waals surface area contributed by atoms with Crippen LogP contribution in [0, 0.1) is 0 Å². The second-order valence-electron chi connectivity index (χ2n) is 5.37. The molecule has 0 atom stereocenters. The summed E-state index contributed by atoms with van der Waals surface area (Å²) in [6.07, 6.45) is 9.41. The average Bonchev–Trinajstić information content (AvgIpc) is 2.22. The second-order valence-corrected chi connectivity index (χ2v) is 5.82. The Morgan fingerprint density at radius 2 is 1.31 bits per heavy atom. The normalized spacial score (nSPS) is 12.0. The summed E-state index contributed by atoms with van der Waals surface area (Å²) >= 11 is 4.30. The number of quaternary nitrogens is 1. The molecule has 2 N–H and O–H groups in total. The number of unbranched alkanes of at least 4 members (excludes halogenated alkanes) is 6. The number of hydrogen-bond acceptors (Lipinski definition) is 2. The summed E-state index contributed by atoms with van der Waals surface area (Å²) in [4.78, 5) is 0. The van der Waals surface area contributed by atoms with Crippen LogP contribution < -0.4 is 5.73 Å². The average molecular weight is 247 g/mol. The molecule has 0 aliphatic rings. The van der Waals surface area contributed by atoms with Crippen molar-refractivity contribution in [3.8, 4) is 0 Å². The molecule has 0 fully saturated rings. The monoisotopic (exact) mass is 247 g/mol. The summed E-state index contributed by atoms with van der Waals surface area (Å²) in [5.74, 6) is 0.992. The van der Waals surface area contributed by atoms with Crippen molar-refractivity contribution < 1.29 is 4.48 Å². The minimum Gasteiger partial charge on any atom is -0.330 e. The van der Waals surface area contributed by atoms with Gasteiger partial charge in [0.05, 0.1) is 27.2 Å².